The maximum atomic E-state index is 11.9. The second-order valence-corrected chi connectivity index (χ2v) is 5.74. The van der Waals surface area contributed by atoms with E-state index in [9.17, 15) is 4.79 Å². The highest BCUT2D eigenvalue weighted by atomic mass is 16.5. The van der Waals surface area contributed by atoms with Crippen molar-refractivity contribution in [3.05, 3.63) is 59.4 Å². The zero-order valence-electron chi connectivity index (χ0n) is 14.6. The molecule has 25 heavy (non-hydrogen) atoms. The normalized spacial score (nSPS) is 11.3. The van der Waals surface area contributed by atoms with E-state index in [1.807, 2.05) is 60.8 Å². The summed E-state index contributed by atoms with van der Waals surface area (Å²) in [7, 11) is 0. The molecule has 128 valence electrons. The Labute approximate surface area is 146 Å². The summed E-state index contributed by atoms with van der Waals surface area (Å²) in [6.45, 7) is 6.07. The van der Waals surface area contributed by atoms with Crippen LogP contribution in [0, 0.1) is 13.8 Å². The molecule has 0 unspecified atom stereocenters. The summed E-state index contributed by atoms with van der Waals surface area (Å²) < 4.78 is 6.90. The summed E-state index contributed by atoms with van der Waals surface area (Å²) in [6, 6.07) is 11.6. The van der Waals surface area contributed by atoms with Gasteiger partial charge in [0.15, 0.2) is 5.82 Å². The fourth-order valence-electron chi connectivity index (χ4n) is 2.59. The molecule has 0 aliphatic carbocycles. The van der Waals surface area contributed by atoms with Crippen molar-refractivity contribution in [1.82, 2.24) is 9.38 Å². The molecule has 1 aromatic carbocycles. The van der Waals surface area contributed by atoms with E-state index in [0.717, 1.165) is 22.5 Å². The lowest BCUT2D eigenvalue weighted by Crippen LogP contribution is -2.07. The first-order chi connectivity index (χ1) is 12.1. The number of carbonyl (C=O) groups is 1. The molecule has 0 saturated carbocycles. The molecule has 6 heteroatoms. The smallest absolute Gasteiger partial charge is 0.312 e. The van der Waals surface area contributed by atoms with E-state index < -0.39 is 0 Å². The molecule has 0 atom stereocenters. The van der Waals surface area contributed by atoms with E-state index in [-0.39, 0.29) is 12.4 Å². The quantitative estimate of drug-likeness (QED) is 0.510. The molecule has 2 heterocycles. The van der Waals surface area contributed by atoms with E-state index in [1.165, 1.54) is 0 Å². The molecule has 0 saturated heterocycles. The lowest BCUT2D eigenvalue weighted by atomic mass is 10.2. The number of fused-ring (bicyclic) bond motifs is 1. The molecule has 0 N–H and O–H groups in total. The number of aryl methyl sites for hydroxylation is 2. The minimum atomic E-state index is -0.323. The minimum Gasteiger partial charge on any atom is -0.466 e. The fraction of sp³-hybridized carbons (Fsp3) is 0.263. The van der Waals surface area contributed by atoms with E-state index in [1.54, 1.807) is 6.92 Å². The number of imidazole rings is 1. The van der Waals surface area contributed by atoms with E-state index in [2.05, 4.69) is 15.2 Å². The number of nitrogens with zero attached hydrogens (tertiary/aromatic N) is 4. The standard InChI is InChI=1S/C19H20N4O2/c1-4-25-17(24)12-16-19(22-21-15-10-6-5-8-13(15)2)23-11-7-9-14(3)18(23)20-16/h5-11H,4,12H2,1-3H3. The van der Waals surface area contributed by atoms with Gasteiger partial charge in [-0.2, -0.15) is 0 Å². The Kier molecular flexibility index (Phi) is 4.88. The highest BCUT2D eigenvalue weighted by Gasteiger charge is 2.17. The van der Waals surface area contributed by atoms with Crippen molar-refractivity contribution >= 4 is 23.1 Å². The van der Waals surface area contributed by atoms with Crippen molar-refractivity contribution in [3.63, 3.8) is 0 Å². The van der Waals surface area contributed by atoms with Gasteiger partial charge in [0.2, 0.25) is 0 Å². The third-order valence-electron chi connectivity index (χ3n) is 3.87. The average molecular weight is 336 g/mol. The van der Waals surface area contributed by atoms with Crippen molar-refractivity contribution in [1.29, 1.82) is 0 Å². The van der Waals surface area contributed by atoms with Crippen molar-refractivity contribution < 1.29 is 9.53 Å². The predicted molar refractivity (Wildman–Crippen MR) is 95.6 cm³/mol. The number of rotatable bonds is 5. The van der Waals surface area contributed by atoms with Crippen molar-refractivity contribution in [3.8, 4) is 0 Å². The number of ether oxygens (including phenoxy) is 1. The lowest BCUT2D eigenvalue weighted by molar-refractivity contribution is -0.142. The zero-order valence-corrected chi connectivity index (χ0v) is 14.6. The molecule has 0 aliphatic rings. The first kappa shape index (κ1) is 16.8. The van der Waals surface area contributed by atoms with Crippen molar-refractivity contribution in [2.24, 2.45) is 10.2 Å². The van der Waals surface area contributed by atoms with Crippen LogP contribution in [0.2, 0.25) is 0 Å². The van der Waals surface area contributed by atoms with Crippen LogP contribution in [0.3, 0.4) is 0 Å². The van der Waals surface area contributed by atoms with Crippen LogP contribution in [0.25, 0.3) is 5.65 Å². The van der Waals surface area contributed by atoms with Gasteiger partial charge in [-0.05, 0) is 44.0 Å². The highest BCUT2D eigenvalue weighted by Crippen LogP contribution is 2.27. The Hall–Kier alpha value is -3.02. The number of aromatic nitrogens is 2. The lowest BCUT2D eigenvalue weighted by Gasteiger charge is -2.01. The summed E-state index contributed by atoms with van der Waals surface area (Å²) >= 11 is 0. The molecule has 2 aromatic heterocycles. The summed E-state index contributed by atoms with van der Waals surface area (Å²) in [5, 5.41) is 8.75. The Bertz CT molecular complexity index is 944. The van der Waals surface area contributed by atoms with Gasteiger partial charge >= 0.3 is 5.97 Å². The molecular weight excluding hydrogens is 316 g/mol. The Morgan fingerprint density at radius 3 is 2.64 bits per heavy atom. The van der Waals surface area contributed by atoms with Gasteiger partial charge in [-0.3, -0.25) is 9.20 Å². The van der Waals surface area contributed by atoms with Gasteiger partial charge in [0.05, 0.1) is 24.4 Å². The van der Waals surface area contributed by atoms with E-state index >= 15 is 0 Å². The average Bonchev–Trinajstić information content (AvgIpc) is 2.93. The molecule has 0 aliphatic heterocycles. The number of esters is 1. The minimum absolute atomic E-state index is 0.0666. The van der Waals surface area contributed by atoms with Crippen LogP contribution in [-0.4, -0.2) is 22.0 Å². The van der Waals surface area contributed by atoms with Crippen molar-refractivity contribution in [2.75, 3.05) is 6.61 Å². The Morgan fingerprint density at radius 2 is 1.88 bits per heavy atom. The third-order valence-corrected chi connectivity index (χ3v) is 3.87. The first-order valence-electron chi connectivity index (χ1n) is 8.19. The van der Waals surface area contributed by atoms with Crippen molar-refractivity contribution in [2.45, 2.75) is 27.2 Å². The number of benzene rings is 1. The molecule has 0 spiro atoms. The molecule has 3 aromatic rings. The number of azo groups is 1. The molecule has 6 nitrogen and oxygen atoms in total. The summed E-state index contributed by atoms with van der Waals surface area (Å²) in [5.74, 6) is 0.228. The van der Waals surface area contributed by atoms with Gasteiger partial charge in [0, 0.05) is 6.20 Å². The second kappa shape index (κ2) is 7.25. The molecule has 0 amide bonds. The second-order valence-electron chi connectivity index (χ2n) is 5.74. The third kappa shape index (κ3) is 3.57. The van der Waals surface area contributed by atoms with Gasteiger partial charge in [-0.15, -0.1) is 10.2 Å². The van der Waals surface area contributed by atoms with Gasteiger partial charge in [-0.25, -0.2) is 4.98 Å². The first-order valence-corrected chi connectivity index (χ1v) is 8.19. The summed E-state index contributed by atoms with van der Waals surface area (Å²) in [5.41, 5.74) is 4.14. The molecule has 0 fully saturated rings. The Balaban J connectivity index is 2.06. The summed E-state index contributed by atoms with van der Waals surface area (Å²) in [4.78, 5) is 16.5. The summed E-state index contributed by atoms with van der Waals surface area (Å²) in [6.07, 6.45) is 1.94. The van der Waals surface area contributed by atoms with Crippen LogP contribution in [0.1, 0.15) is 23.7 Å². The van der Waals surface area contributed by atoms with Crippen LogP contribution in [0.15, 0.2) is 52.8 Å². The van der Waals surface area contributed by atoms with Gasteiger partial charge < -0.3 is 4.74 Å². The van der Waals surface area contributed by atoms with E-state index in [0.29, 0.717) is 18.1 Å². The molecule has 3 rings (SSSR count). The fourth-order valence-corrected chi connectivity index (χ4v) is 2.59. The SMILES string of the molecule is CCOC(=O)Cc1nc2c(C)cccn2c1N=Nc1ccccc1C. The van der Waals surface area contributed by atoms with E-state index in [4.69, 9.17) is 4.74 Å². The van der Waals surface area contributed by atoms with Gasteiger partial charge in [-0.1, -0.05) is 24.3 Å². The number of hydrogen-bond donors (Lipinski definition) is 0. The molecular formula is C19H20N4O2. The maximum absolute atomic E-state index is 11.9. The topological polar surface area (TPSA) is 68.3 Å². The number of hydrogen-bond acceptors (Lipinski definition) is 5. The monoisotopic (exact) mass is 336 g/mol. The van der Waals surface area contributed by atoms with Crippen LogP contribution in [-0.2, 0) is 16.0 Å². The van der Waals surface area contributed by atoms with Crippen LogP contribution < -0.4 is 0 Å². The largest absolute Gasteiger partial charge is 0.466 e. The maximum Gasteiger partial charge on any atom is 0.312 e. The van der Waals surface area contributed by atoms with Crippen LogP contribution in [0.5, 0.6) is 0 Å². The Morgan fingerprint density at radius 1 is 1.12 bits per heavy atom. The molecule has 0 radical (unpaired) electrons. The van der Waals surface area contributed by atoms with Gasteiger partial charge in [0.25, 0.3) is 0 Å². The van der Waals surface area contributed by atoms with Crippen LogP contribution >= 0.6 is 0 Å². The predicted octanol–water partition coefficient (Wildman–Crippen LogP) is 4.47. The highest BCUT2D eigenvalue weighted by molar-refractivity contribution is 5.74. The zero-order chi connectivity index (χ0) is 17.8. The van der Waals surface area contributed by atoms with Crippen LogP contribution in [0.4, 0.5) is 11.5 Å². The number of pyridine rings is 1. The molecule has 0 bridgehead atoms. The van der Waals surface area contributed by atoms with Gasteiger partial charge in [0.1, 0.15) is 5.65 Å². The number of carbonyl (C=O) groups excluding carboxylic acids is 1.